The molecule has 35 heavy (non-hydrogen) atoms. The molecule has 0 bridgehead atoms. The number of aryl methyl sites for hydroxylation is 1. The minimum Gasteiger partial charge on any atom is -0.478 e. The average Bonchev–Trinajstić information content (AvgIpc) is 2.86. The van der Waals surface area contributed by atoms with E-state index in [1.807, 2.05) is 24.3 Å². The normalized spacial score (nSPS) is 22.8. The predicted molar refractivity (Wildman–Crippen MR) is 132 cm³/mol. The fraction of sp³-hybridized carbons (Fsp3) is 0.462. The molecule has 3 aliphatic rings. The van der Waals surface area contributed by atoms with Crippen LogP contribution in [0.15, 0.2) is 36.4 Å². The third-order valence-electron chi connectivity index (χ3n) is 7.23. The first-order chi connectivity index (χ1) is 16.9. The van der Waals surface area contributed by atoms with Crippen molar-refractivity contribution in [3.05, 3.63) is 53.3 Å². The van der Waals surface area contributed by atoms with Gasteiger partial charge in [-0.15, -0.1) is 0 Å². The summed E-state index contributed by atoms with van der Waals surface area (Å²) in [6, 6.07) is 10.6. The summed E-state index contributed by atoms with van der Waals surface area (Å²) < 4.78 is 20.5. The molecule has 2 fully saturated rings. The van der Waals surface area contributed by atoms with E-state index in [1.165, 1.54) is 12.1 Å². The Bertz CT molecular complexity index is 1100. The number of nitrogens with one attached hydrogen (secondary N) is 2. The summed E-state index contributed by atoms with van der Waals surface area (Å²) in [6.07, 6.45) is 1.26. The fourth-order valence-electron chi connectivity index (χ4n) is 5.09. The third kappa shape index (κ3) is 4.91. The summed E-state index contributed by atoms with van der Waals surface area (Å²) in [5, 5.41) is 5.79. The van der Waals surface area contributed by atoms with Gasteiger partial charge in [-0.2, -0.15) is 0 Å². The number of halogens is 1. The van der Waals surface area contributed by atoms with E-state index in [9.17, 15) is 14.0 Å². The van der Waals surface area contributed by atoms with Crippen molar-refractivity contribution >= 4 is 23.3 Å². The van der Waals surface area contributed by atoms with Crippen LogP contribution in [-0.4, -0.2) is 74.7 Å². The van der Waals surface area contributed by atoms with Crippen LogP contribution in [0, 0.1) is 5.82 Å². The number of amides is 3. The second-order valence-corrected chi connectivity index (χ2v) is 9.61. The Balaban J connectivity index is 1.27. The summed E-state index contributed by atoms with van der Waals surface area (Å²) >= 11 is 0. The van der Waals surface area contributed by atoms with Crippen LogP contribution in [0.25, 0.3) is 0 Å². The van der Waals surface area contributed by atoms with Gasteiger partial charge in [0.25, 0.3) is 5.91 Å². The first-order valence-corrected chi connectivity index (χ1v) is 12.2. The molecule has 8 nitrogen and oxygen atoms in total. The van der Waals surface area contributed by atoms with Crippen LogP contribution < -0.4 is 20.3 Å². The molecule has 2 atom stereocenters. The van der Waals surface area contributed by atoms with Gasteiger partial charge < -0.3 is 30.1 Å². The van der Waals surface area contributed by atoms with Crippen molar-refractivity contribution in [2.45, 2.75) is 31.4 Å². The van der Waals surface area contributed by atoms with Gasteiger partial charge >= 0.3 is 6.03 Å². The van der Waals surface area contributed by atoms with Gasteiger partial charge in [0.2, 0.25) is 0 Å². The smallest absolute Gasteiger partial charge is 0.317 e. The number of benzene rings is 2. The maximum atomic E-state index is 14.3. The van der Waals surface area contributed by atoms with Crippen LogP contribution >= 0.6 is 0 Å². The molecule has 9 heteroatoms. The Labute approximate surface area is 205 Å². The number of likely N-dealkylation sites (N-methyl/N-ethyl adjacent to an activating group) is 1. The number of nitrogens with zero attached hydrogens (tertiary/aromatic N) is 3. The van der Waals surface area contributed by atoms with E-state index in [0.29, 0.717) is 30.8 Å². The topological polar surface area (TPSA) is 77.1 Å². The zero-order valence-corrected chi connectivity index (χ0v) is 20.2. The molecule has 0 aliphatic carbocycles. The number of carbonyl (C=O) groups excluding carboxylic acids is 2. The number of piperazine rings is 1. The number of fused-ring (bicyclic) bond motifs is 1. The minimum absolute atomic E-state index is 0.0140. The van der Waals surface area contributed by atoms with Crippen LogP contribution in [0.5, 0.6) is 5.75 Å². The van der Waals surface area contributed by atoms with E-state index in [4.69, 9.17) is 4.74 Å². The molecule has 186 valence electrons. The second-order valence-electron chi connectivity index (χ2n) is 9.61. The molecule has 0 radical (unpaired) electrons. The molecular formula is C26H32FN5O3. The van der Waals surface area contributed by atoms with E-state index in [1.54, 1.807) is 11.9 Å². The highest BCUT2D eigenvalue weighted by atomic mass is 19.1. The second kappa shape index (κ2) is 9.73. The number of anilines is 2. The largest absolute Gasteiger partial charge is 0.478 e. The van der Waals surface area contributed by atoms with Crippen molar-refractivity contribution in [1.29, 1.82) is 0 Å². The Kier molecular flexibility index (Phi) is 6.51. The van der Waals surface area contributed by atoms with Crippen molar-refractivity contribution in [1.82, 2.24) is 15.1 Å². The molecule has 2 aromatic carbocycles. The summed E-state index contributed by atoms with van der Waals surface area (Å²) in [7, 11) is 3.86. The maximum absolute atomic E-state index is 14.3. The number of ether oxygens (including phenoxy) is 1. The summed E-state index contributed by atoms with van der Waals surface area (Å²) in [5.41, 5.74) is 3.25. The standard InChI is InChI=1S/C26H32FN5O3/c1-30-11-13-32(14-12-30)22-16-19(27)15-18-5-8-23(35-24(18)22)25(33)29-20-6-3-17(4-7-20)21-9-10-28-26(34)31(21)2/h3-4,6-7,15-16,21,23H,5,8-14H2,1-2H3,(H,28,34)(H,29,33). The van der Waals surface area contributed by atoms with Crippen LogP contribution in [0.1, 0.15) is 30.0 Å². The Hall–Kier alpha value is -3.33. The zero-order chi connectivity index (χ0) is 24.5. The van der Waals surface area contributed by atoms with Gasteiger partial charge in [-0.1, -0.05) is 12.1 Å². The van der Waals surface area contributed by atoms with Gasteiger partial charge in [0.05, 0.1) is 11.7 Å². The Morgan fingerprint density at radius 1 is 1.09 bits per heavy atom. The highest BCUT2D eigenvalue weighted by Gasteiger charge is 2.31. The van der Waals surface area contributed by atoms with E-state index in [0.717, 1.165) is 49.4 Å². The van der Waals surface area contributed by atoms with Crippen molar-refractivity contribution in [2.24, 2.45) is 0 Å². The van der Waals surface area contributed by atoms with Gasteiger partial charge in [0.15, 0.2) is 6.10 Å². The summed E-state index contributed by atoms with van der Waals surface area (Å²) in [6.45, 7) is 4.01. The number of hydrogen-bond acceptors (Lipinski definition) is 5. The number of rotatable bonds is 4. The highest BCUT2D eigenvalue weighted by molar-refractivity contribution is 5.94. The van der Waals surface area contributed by atoms with Crippen LogP contribution in [0.3, 0.4) is 0 Å². The fourth-order valence-corrected chi connectivity index (χ4v) is 5.09. The van der Waals surface area contributed by atoms with E-state index in [-0.39, 0.29) is 23.8 Å². The van der Waals surface area contributed by atoms with Gasteiger partial charge in [0, 0.05) is 51.5 Å². The van der Waals surface area contributed by atoms with E-state index >= 15 is 0 Å². The molecule has 3 aliphatic heterocycles. The molecule has 2 saturated heterocycles. The maximum Gasteiger partial charge on any atom is 0.317 e. The van der Waals surface area contributed by atoms with Crippen molar-refractivity contribution in [3.63, 3.8) is 0 Å². The van der Waals surface area contributed by atoms with E-state index < -0.39 is 6.10 Å². The number of hydrogen-bond donors (Lipinski definition) is 2. The average molecular weight is 482 g/mol. The predicted octanol–water partition coefficient (Wildman–Crippen LogP) is 3.00. The quantitative estimate of drug-likeness (QED) is 0.702. The molecule has 2 unspecified atom stereocenters. The molecule has 2 N–H and O–H groups in total. The SMILES string of the molecule is CN1CCN(c2cc(F)cc3c2OC(C(=O)Nc2ccc(C4CCNC(=O)N4C)cc2)CC3)CC1. The van der Waals surface area contributed by atoms with Crippen molar-refractivity contribution < 1.29 is 18.7 Å². The highest BCUT2D eigenvalue weighted by Crippen LogP contribution is 2.39. The van der Waals surface area contributed by atoms with Crippen molar-refractivity contribution in [2.75, 3.05) is 57.0 Å². The molecule has 5 rings (SSSR count). The number of urea groups is 1. The van der Waals surface area contributed by atoms with Gasteiger partial charge in [-0.25, -0.2) is 9.18 Å². The lowest BCUT2D eigenvalue weighted by atomic mass is 9.99. The monoisotopic (exact) mass is 481 g/mol. The van der Waals surface area contributed by atoms with Gasteiger partial charge in [0.1, 0.15) is 11.6 Å². The van der Waals surface area contributed by atoms with Gasteiger partial charge in [-0.3, -0.25) is 4.79 Å². The van der Waals surface area contributed by atoms with Crippen LogP contribution in [0.2, 0.25) is 0 Å². The van der Waals surface area contributed by atoms with Crippen LogP contribution in [-0.2, 0) is 11.2 Å². The first kappa shape index (κ1) is 23.4. The molecule has 3 amide bonds. The lowest BCUT2D eigenvalue weighted by Crippen LogP contribution is -2.45. The lowest BCUT2D eigenvalue weighted by Gasteiger charge is -2.37. The molecule has 3 heterocycles. The minimum atomic E-state index is -0.646. The van der Waals surface area contributed by atoms with E-state index in [2.05, 4.69) is 27.5 Å². The zero-order valence-electron chi connectivity index (χ0n) is 20.2. The van der Waals surface area contributed by atoms with Gasteiger partial charge in [-0.05, 0) is 55.6 Å². The van der Waals surface area contributed by atoms with Crippen LogP contribution in [0.4, 0.5) is 20.6 Å². The molecule has 0 aromatic heterocycles. The molecule has 2 aromatic rings. The van der Waals surface area contributed by atoms with Crippen molar-refractivity contribution in [3.8, 4) is 5.75 Å². The summed E-state index contributed by atoms with van der Waals surface area (Å²) in [4.78, 5) is 31.1. The Morgan fingerprint density at radius 2 is 1.83 bits per heavy atom. The number of carbonyl (C=O) groups is 2. The lowest BCUT2D eigenvalue weighted by molar-refractivity contribution is -0.123. The summed E-state index contributed by atoms with van der Waals surface area (Å²) in [5.74, 6) is 0.132. The molecule has 0 saturated carbocycles. The molecular weight excluding hydrogens is 449 g/mol. The molecule has 0 spiro atoms. The third-order valence-corrected chi connectivity index (χ3v) is 7.23. The Morgan fingerprint density at radius 3 is 2.57 bits per heavy atom. The first-order valence-electron chi connectivity index (χ1n) is 12.2.